The first-order valence-corrected chi connectivity index (χ1v) is 7.00. The average Bonchev–Trinajstić information content (AvgIpc) is 2.48. The average molecular weight is 296 g/mol. The third-order valence-electron chi connectivity index (χ3n) is 3.96. The Morgan fingerprint density at radius 2 is 1.81 bits per heavy atom. The molecule has 0 aromatic heterocycles. The molecule has 1 atom stereocenters. The zero-order valence-electron chi connectivity index (χ0n) is 12.3. The van der Waals surface area contributed by atoms with Crippen LogP contribution in [0.15, 0.2) is 5.10 Å². The highest BCUT2D eigenvalue weighted by atomic mass is 16.4. The Balaban J connectivity index is 1.93. The summed E-state index contributed by atoms with van der Waals surface area (Å²) < 4.78 is 0. The van der Waals surface area contributed by atoms with Crippen molar-refractivity contribution in [2.75, 3.05) is 33.2 Å². The van der Waals surface area contributed by atoms with E-state index >= 15 is 0 Å². The van der Waals surface area contributed by atoms with E-state index in [0.29, 0.717) is 44.7 Å². The minimum atomic E-state index is -0.855. The lowest BCUT2D eigenvalue weighted by Crippen LogP contribution is -2.54. The van der Waals surface area contributed by atoms with Crippen molar-refractivity contribution in [1.82, 2.24) is 14.8 Å². The van der Waals surface area contributed by atoms with Crippen molar-refractivity contribution >= 4 is 23.5 Å². The van der Waals surface area contributed by atoms with Gasteiger partial charge in [-0.1, -0.05) is 0 Å². The Hall–Kier alpha value is -1.96. The molecule has 0 aromatic carbocycles. The highest BCUT2D eigenvalue weighted by Gasteiger charge is 2.30. The number of rotatable bonds is 3. The van der Waals surface area contributed by atoms with E-state index in [1.54, 1.807) is 18.9 Å². The number of carboxylic acid groups (broad SMARTS) is 1. The lowest BCUT2D eigenvalue weighted by atomic mass is 10.1. The highest BCUT2D eigenvalue weighted by molar-refractivity contribution is 6.39. The van der Waals surface area contributed by atoms with E-state index in [1.807, 2.05) is 4.90 Å². The van der Waals surface area contributed by atoms with Crippen molar-refractivity contribution in [3.05, 3.63) is 0 Å². The van der Waals surface area contributed by atoms with Gasteiger partial charge in [-0.25, -0.2) is 5.01 Å². The Bertz CT molecular complexity index is 483. The molecular formula is C13H20N4O4. The summed E-state index contributed by atoms with van der Waals surface area (Å²) in [5.74, 6) is -1.10. The standard InChI is InChI=1S/C13H20N4O4/c1-9(13(20)21)16-5-7-17(8-6-16)12(19)10-3-4-11(18)15(2)14-10/h9H,3-8H2,1-2H3,(H,20,21). The van der Waals surface area contributed by atoms with Crippen molar-refractivity contribution in [1.29, 1.82) is 0 Å². The molecule has 1 unspecified atom stereocenters. The second-order valence-electron chi connectivity index (χ2n) is 5.31. The van der Waals surface area contributed by atoms with Crippen LogP contribution in [0.25, 0.3) is 0 Å². The third-order valence-corrected chi connectivity index (χ3v) is 3.96. The molecule has 21 heavy (non-hydrogen) atoms. The number of aliphatic carboxylic acids is 1. The molecule has 2 amide bonds. The molecule has 2 aliphatic rings. The number of hydrogen-bond donors (Lipinski definition) is 1. The van der Waals surface area contributed by atoms with Gasteiger partial charge in [-0.3, -0.25) is 19.3 Å². The summed E-state index contributed by atoms with van der Waals surface area (Å²) in [6.45, 7) is 3.66. The van der Waals surface area contributed by atoms with E-state index in [0.717, 1.165) is 0 Å². The van der Waals surface area contributed by atoms with Crippen LogP contribution in [0.3, 0.4) is 0 Å². The fourth-order valence-corrected chi connectivity index (χ4v) is 2.47. The van der Waals surface area contributed by atoms with Gasteiger partial charge in [0.05, 0.1) is 0 Å². The van der Waals surface area contributed by atoms with Crippen LogP contribution in [0, 0.1) is 0 Å². The highest BCUT2D eigenvalue weighted by Crippen LogP contribution is 2.12. The van der Waals surface area contributed by atoms with Gasteiger partial charge in [-0.15, -0.1) is 0 Å². The lowest BCUT2D eigenvalue weighted by molar-refractivity contribution is -0.143. The number of hydrazone groups is 1. The summed E-state index contributed by atoms with van der Waals surface area (Å²) in [6, 6.07) is -0.543. The molecule has 0 saturated carbocycles. The van der Waals surface area contributed by atoms with Crippen molar-refractivity contribution in [3.63, 3.8) is 0 Å². The summed E-state index contributed by atoms with van der Waals surface area (Å²) in [5.41, 5.74) is 0.400. The third kappa shape index (κ3) is 3.38. The maximum absolute atomic E-state index is 12.3. The number of carbonyl (C=O) groups is 3. The van der Waals surface area contributed by atoms with Crippen LogP contribution < -0.4 is 0 Å². The van der Waals surface area contributed by atoms with Gasteiger partial charge in [0.1, 0.15) is 11.8 Å². The van der Waals surface area contributed by atoms with Crippen LogP contribution >= 0.6 is 0 Å². The molecule has 2 rings (SSSR count). The fourth-order valence-electron chi connectivity index (χ4n) is 2.47. The van der Waals surface area contributed by atoms with E-state index in [1.165, 1.54) is 5.01 Å². The molecule has 8 heteroatoms. The summed E-state index contributed by atoms with van der Waals surface area (Å²) in [4.78, 5) is 38.2. The molecule has 1 N–H and O–H groups in total. The van der Waals surface area contributed by atoms with Crippen molar-refractivity contribution < 1.29 is 19.5 Å². The predicted molar refractivity (Wildman–Crippen MR) is 74.7 cm³/mol. The van der Waals surface area contributed by atoms with E-state index < -0.39 is 12.0 Å². The Labute approximate surface area is 123 Å². The molecule has 8 nitrogen and oxygen atoms in total. The van der Waals surface area contributed by atoms with Gasteiger partial charge >= 0.3 is 5.97 Å². The van der Waals surface area contributed by atoms with Crippen LogP contribution in [0.4, 0.5) is 0 Å². The van der Waals surface area contributed by atoms with Crippen LogP contribution in [0.5, 0.6) is 0 Å². The SMILES string of the molecule is CC(C(=O)O)N1CCN(C(=O)C2=NN(C)C(=O)CC2)CC1. The van der Waals surface area contributed by atoms with Gasteiger partial charge in [0, 0.05) is 46.1 Å². The van der Waals surface area contributed by atoms with E-state index in [2.05, 4.69) is 5.10 Å². The van der Waals surface area contributed by atoms with Crippen molar-refractivity contribution in [3.8, 4) is 0 Å². The molecule has 0 aliphatic carbocycles. The molecular weight excluding hydrogens is 276 g/mol. The van der Waals surface area contributed by atoms with Crippen molar-refractivity contribution in [2.45, 2.75) is 25.8 Å². The summed E-state index contributed by atoms with van der Waals surface area (Å²) >= 11 is 0. The summed E-state index contributed by atoms with van der Waals surface area (Å²) in [6.07, 6.45) is 0.671. The molecule has 0 spiro atoms. The second kappa shape index (κ2) is 6.21. The molecule has 0 bridgehead atoms. The minimum Gasteiger partial charge on any atom is -0.480 e. The summed E-state index contributed by atoms with van der Waals surface area (Å²) in [5, 5.41) is 14.2. The zero-order valence-corrected chi connectivity index (χ0v) is 12.3. The number of carboxylic acids is 1. The molecule has 1 saturated heterocycles. The van der Waals surface area contributed by atoms with Gasteiger partial charge in [0.15, 0.2) is 0 Å². The number of nitrogens with zero attached hydrogens (tertiary/aromatic N) is 4. The second-order valence-corrected chi connectivity index (χ2v) is 5.31. The van der Waals surface area contributed by atoms with Crippen LogP contribution in [-0.2, 0) is 14.4 Å². The van der Waals surface area contributed by atoms with Crippen LogP contribution in [-0.4, -0.2) is 82.7 Å². The Morgan fingerprint density at radius 3 is 2.33 bits per heavy atom. The number of carbonyl (C=O) groups excluding carboxylic acids is 2. The largest absolute Gasteiger partial charge is 0.480 e. The molecule has 2 aliphatic heterocycles. The monoisotopic (exact) mass is 296 g/mol. The first-order valence-electron chi connectivity index (χ1n) is 7.00. The molecule has 0 aromatic rings. The predicted octanol–water partition coefficient (Wildman–Crippen LogP) is -0.788. The minimum absolute atomic E-state index is 0.0911. The number of amides is 2. The van der Waals surface area contributed by atoms with E-state index in [-0.39, 0.29) is 11.8 Å². The van der Waals surface area contributed by atoms with E-state index in [4.69, 9.17) is 5.11 Å². The normalized spacial score (nSPS) is 22.0. The molecule has 116 valence electrons. The quantitative estimate of drug-likeness (QED) is 0.737. The topological polar surface area (TPSA) is 93.5 Å². The van der Waals surface area contributed by atoms with Gasteiger partial charge in [-0.2, -0.15) is 5.10 Å². The summed E-state index contributed by atoms with van der Waals surface area (Å²) in [7, 11) is 1.54. The van der Waals surface area contributed by atoms with E-state index in [9.17, 15) is 14.4 Å². The maximum atomic E-state index is 12.3. The fraction of sp³-hybridized carbons (Fsp3) is 0.692. The number of hydrogen-bond acceptors (Lipinski definition) is 5. The smallest absolute Gasteiger partial charge is 0.320 e. The molecule has 0 radical (unpaired) electrons. The molecule has 1 fully saturated rings. The van der Waals surface area contributed by atoms with Gasteiger partial charge in [0.2, 0.25) is 5.91 Å². The van der Waals surface area contributed by atoms with Crippen LogP contribution in [0.1, 0.15) is 19.8 Å². The molecule has 2 heterocycles. The van der Waals surface area contributed by atoms with Gasteiger partial charge in [-0.05, 0) is 6.92 Å². The Kier molecular flexibility index (Phi) is 4.56. The van der Waals surface area contributed by atoms with Gasteiger partial charge in [0.25, 0.3) is 5.91 Å². The lowest BCUT2D eigenvalue weighted by Gasteiger charge is -2.37. The van der Waals surface area contributed by atoms with Gasteiger partial charge < -0.3 is 10.0 Å². The zero-order chi connectivity index (χ0) is 15.6. The number of piperazine rings is 1. The van der Waals surface area contributed by atoms with Crippen molar-refractivity contribution in [2.24, 2.45) is 5.10 Å². The van der Waals surface area contributed by atoms with Crippen LogP contribution in [0.2, 0.25) is 0 Å². The first kappa shape index (κ1) is 15.4. The first-order chi connectivity index (χ1) is 9.90. The maximum Gasteiger partial charge on any atom is 0.320 e. The Morgan fingerprint density at radius 1 is 1.19 bits per heavy atom.